The molecule has 0 radical (unpaired) electrons. The summed E-state index contributed by atoms with van der Waals surface area (Å²) in [4.78, 5) is 0. The Labute approximate surface area is 122 Å². The Morgan fingerprint density at radius 3 is 2.16 bits per heavy atom. The van der Waals surface area contributed by atoms with Crippen LogP contribution in [0, 0.1) is 5.92 Å². The van der Waals surface area contributed by atoms with E-state index in [0.717, 1.165) is 5.92 Å². The van der Waals surface area contributed by atoms with E-state index in [0.29, 0.717) is 6.10 Å². The molecule has 1 fully saturated rings. The van der Waals surface area contributed by atoms with Crippen LogP contribution in [0.15, 0.2) is 0 Å². The average molecular weight is 285 g/mol. The summed E-state index contributed by atoms with van der Waals surface area (Å²) in [5.41, 5.74) is 0. The number of hydrogen-bond donors (Lipinski definition) is 0. The summed E-state index contributed by atoms with van der Waals surface area (Å²) < 4.78 is 6.59. The molecular weight excluding hydrogens is 248 g/mol. The summed E-state index contributed by atoms with van der Waals surface area (Å²) in [6, 6.07) is 2.83. The zero-order chi connectivity index (χ0) is 14.1. The van der Waals surface area contributed by atoms with Crippen LogP contribution in [0.5, 0.6) is 0 Å². The van der Waals surface area contributed by atoms with Crippen molar-refractivity contribution in [3.8, 4) is 0 Å². The fourth-order valence-corrected chi connectivity index (χ4v) is 7.03. The van der Waals surface area contributed by atoms with E-state index in [4.69, 9.17) is 4.43 Å². The molecule has 0 aromatic carbocycles. The molecule has 2 atom stereocenters. The van der Waals surface area contributed by atoms with E-state index >= 15 is 0 Å². The first kappa shape index (κ1) is 17.2. The first-order chi connectivity index (χ1) is 9.13. The molecule has 0 bridgehead atoms. The molecule has 1 aliphatic rings. The quantitative estimate of drug-likeness (QED) is 0.437. The lowest BCUT2D eigenvalue weighted by Crippen LogP contribution is -2.35. The van der Waals surface area contributed by atoms with Crippen LogP contribution in [-0.2, 0) is 4.43 Å². The van der Waals surface area contributed by atoms with Crippen molar-refractivity contribution in [1.82, 2.24) is 0 Å². The standard InChI is InChI=1S/C17H36OSi/c1-5-8-11-16(6-2)12-13-17(7-3)18-19(4)14-9-10-15-19/h16-17H,5-15H2,1-4H3. The fourth-order valence-electron chi connectivity index (χ4n) is 3.46. The SMILES string of the molecule is CCCCC(CC)CCC(CC)O[Si]1(C)CCCC1. The van der Waals surface area contributed by atoms with Crippen molar-refractivity contribution in [2.45, 2.75) is 103 Å². The molecule has 0 aromatic rings. The molecule has 1 saturated heterocycles. The van der Waals surface area contributed by atoms with Crippen LogP contribution in [0.3, 0.4) is 0 Å². The Morgan fingerprint density at radius 2 is 1.63 bits per heavy atom. The van der Waals surface area contributed by atoms with Gasteiger partial charge in [0.1, 0.15) is 0 Å². The lowest BCUT2D eigenvalue weighted by atomic mass is 9.93. The lowest BCUT2D eigenvalue weighted by molar-refractivity contribution is 0.163. The van der Waals surface area contributed by atoms with Gasteiger partial charge in [0.15, 0.2) is 8.32 Å². The Morgan fingerprint density at radius 1 is 0.947 bits per heavy atom. The normalized spacial score (nSPS) is 21.5. The molecule has 0 amide bonds. The zero-order valence-electron chi connectivity index (χ0n) is 13.8. The van der Waals surface area contributed by atoms with Gasteiger partial charge in [-0.1, -0.05) is 59.3 Å². The van der Waals surface area contributed by atoms with Gasteiger partial charge < -0.3 is 4.43 Å². The first-order valence-corrected chi connectivity index (χ1v) is 11.6. The monoisotopic (exact) mass is 284 g/mol. The van der Waals surface area contributed by atoms with Gasteiger partial charge in [0.2, 0.25) is 0 Å². The molecule has 1 nitrogen and oxygen atoms in total. The second-order valence-electron chi connectivity index (χ2n) is 6.80. The Balaban J connectivity index is 2.30. The Kier molecular flexibility index (Phi) is 8.32. The minimum Gasteiger partial charge on any atom is -0.414 e. The summed E-state index contributed by atoms with van der Waals surface area (Å²) in [5.74, 6) is 0.940. The van der Waals surface area contributed by atoms with Crippen LogP contribution in [0.25, 0.3) is 0 Å². The molecule has 1 aliphatic heterocycles. The Bertz CT molecular complexity index is 223. The van der Waals surface area contributed by atoms with Crippen molar-refractivity contribution in [2.24, 2.45) is 5.92 Å². The minimum absolute atomic E-state index is 0.561. The summed E-state index contributed by atoms with van der Waals surface area (Å²) >= 11 is 0. The molecule has 0 spiro atoms. The molecule has 0 saturated carbocycles. The summed E-state index contributed by atoms with van der Waals surface area (Å²) in [6.07, 6.45) is 12.8. The fraction of sp³-hybridized carbons (Fsp3) is 1.00. The van der Waals surface area contributed by atoms with Gasteiger partial charge >= 0.3 is 0 Å². The van der Waals surface area contributed by atoms with Gasteiger partial charge in [-0.2, -0.15) is 0 Å². The van der Waals surface area contributed by atoms with Crippen molar-refractivity contribution in [1.29, 1.82) is 0 Å². The molecule has 2 unspecified atom stereocenters. The van der Waals surface area contributed by atoms with Gasteiger partial charge in [0, 0.05) is 6.10 Å². The molecule has 114 valence electrons. The molecule has 2 heteroatoms. The van der Waals surface area contributed by atoms with Crippen LogP contribution in [-0.4, -0.2) is 14.4 Å². The number of rotatable bonds is 10. The van der Waals surface area contributed by atoms with Gasteiger partial charge in [0.25, 0.3) is 0 Å². The van der Waals surface area contributed by atoms with Crippen molar-refractivity contribution in [3.63, 3.8) is 0 Å². The van der Waals surface area contributed by atoms with Crippen molar-refractivity contribution >= 4 is 8.32 Å². The van der Waals surface area contributed by atoms with E-state index in [1.54, 1.807) is 0 Å². The molecule has 0 aromatic heterocycles. The third-order valence-corrected chi connectivity index (χ3v) is 8.73. The summed E-state index contributed by atoms with van der Waals surface area (Å²) in [7, 11) is -1.28. The van der Waals surface area contributed by atoms with Crippen LogP contribution in [0.1, 0.15) is 78.6 Å². The minimum atomic E-state index is -1.28. The van der Waals surface area contributed by atoms with Gasteiger partial charge in [-0.05, 0) is 43.8 Å². The summed E-state index contributed by atoms with van der Waals surface area (Å²) in [5, 5.41) is 0. The predicted octanol–water partition coefficient (Wildman–Crippen LogP) is 6.15. The smallest absolute Gasteiger partial charge is 0.190 e. The maximum atomic E-state index is 6.59. The lowest BCUT2D eigenvalue weighted by Gasteiger charge is -2.29. The maximum absolute atomic E-state index is 6.59. The van der Waals surface area contributed by atoms with Crippen molar-refractivity contribution in [2.75, 3.05) is 0 Å². The number of hydrogen-bond acceptors (Lipinski definition) is 1. The van der Waals surface area contributed by atoms with E-state index in [9.17, 15) is 0 Å². The van der Waals surface area contributed by atoms with E-state index in [2.05, 4.69) is 27.3 Å². The van der Waals surface area contributed by atoms with Gasteiger partial charge in [-0.15, -0.1) is 0 Å². The van der Waals surface area contributed by atoms with Crippen LogP contribution >= 0.6 is 0 Å². The second kappa shape index (κ2) is 9.18. The van der Waals surface area contributed by atoms with Crippen molar-refractivity contribution in [3.05, 3.63) is 0 Å². The molecule has 0 N–H and O–H groups in total. The summed E-state index contributed by atoms with van der Waals surface area (Å²) in [6.45, 7) is 9.44. The van der Waals surface area contributed by atoms with E-state index < -0.39 is 8.32 Å². The van der Waals surface area contributed by atoms with Crippen molar-refractivity contribution < 1.29 is 4.43 Å². The third-order valence-electron chi connectivity index (χ3n) is 5.01. The van der Waals surface area contributed by atoms with Gasteiger partial charge in [-0.25, -0.2) is 0 Å². The van der Waals surface area contributed by atoms with E-state index in [1.807, 2.05) is 0 Å². The number of unbranched alkanes of at least 4 members (excludes halogenated alkanes) is 1. The largest absolute Gasteiger partial charge is 0.414 e. The predicted molar refractivity (Wildman–Crippen MR) is 88.2 cm³/mol. The van der Waals surface area contributed by atoms with Gasteiger partial charge in [-0.3, -0.25) is 0 Å². The van der Waals surface area contributed by atoms with E-state index in [-0.39, 0.29) is 0 Å². The maximum Gasteiger partial charge on any atom is 0.190 e. The topological polar surface area (TPSA) is 9.23 Å². The van der Waals surface area contributed by atoms with Crippen LogP contribution in [0.2, 0.25) is 18.6 Å². The first-order valence-electron chi connectivity index (χ1n) is 8.81. The van der Waals surface area contributed by atoms with Gasteiger partial charge in [0.05, 0.1) is 0 Å². The zero-order valence-corrected chi connectivity index (χ0v) is 14.8. The third kappa shape index (κ3) is 6.44. The molecular formula is C17H36OSi. The van der Waals surface area contributed by atoms with E-state index in [1.165, 1.54) is 69.9 Å². The highest BCUT2D eigenvalue weighted by Crippen LogP contribution is 2.33. The van der Waals surface area contributed by atoms with Crippen LogP contribution in [0.4, 0.5) is 0 Å². The molecule has 0 aliphatic carbocycles. The van der Waals surface area contributed by atoms with Crippen LogP contribution < -0.4 is 0 Å². The highest BCUT2D eigenvalue weighted by Gasteiger charge is 2.35. The molecule has 1 rings (SSSR count). The highest BCUT2D eigenvalue weighted by atomic mass is 28.4. The highest BCUT2D eigenvalue weighted by molar-refractivity contribution is 6.73. The second-order valence-corrected chi connectivity index (χ2v) is 10.9. The molecule has 1 heterocycles. The molecule has 19 heavy (non-hydrogen) atoms. The average Bonchev–Trinajstić information content (AvgIpc) is 2.84. The Hall–Kier alpha value is 0.177.